The van der Waals surface area contributed by atoms with Crippen molar-refractivity contribution in [1.29, 1.82) is 0 Å². The molecule has 6 rings (SSSR count). The van der Waals surface area contributed by atoms with Crippen LogP contribution in [0, 0.1) is 5.92 Å². The second-order valence-corrected chi connectivity index (χ2v) is 11.3. The van der Waals surface area contributed by atoms with E-state index in [9.17, 15) is 4.79 Å². The average molecular weight is 547 g/mol. The Morgan fingerprint density at radius 3 is 2.67 bits per heavy atom. The fraction of sp³-hybridized carbons (Fsp3) is 0.464. The van der Waals surface area contributed by atoms with Gasteiger partial charge in [0, 0.05) is 49.0 Å². The molecule has 2 N–H and O–H groups in total. The molecule has 1 saturated heterocycles. The molecule has 1 saturated carbocycles. The zero-order valence-electron chi connectivity index (χ0n) is 23.4. The number of hydrogen-bond donors (Lipinski definition) is 2. The minimum atomic E-state index is -0.0909. The third-order valence-corrected chi connectivity index (χ3v) is 7.18. The van der Waals surface area contributed by atoms with Crippen LogP contribution in [0.4, 0.5) is 17.6 Å². The van der Waals surface area contributed by atoms with E-state index in [1.807, 2.05) is 11.6 Å². The van der Waals surface area contributed by atoms with Gasteiger partial charge < -0.3 is 29.4 Å². The topological polar surface area (TPSA) is 130 Å². The molecule has 0 radical (unpaired) electrons. The zero-order valence-corrected chi connectivity index (χ0v) is 23.4. The number of aryl methyl sites for hydroxylation is 1. The average Bonchev–Trinajstić information content (AvgIpc) is 3.31. The number of rotatable bonds is 8. The van der Waals surface area contributed by atoms with Gasteiger partial charge in [0.25, 0.3) is 0 Å². The fourth-order valence-electron chi connectivity index (χ4n) is 4.87. The lowest BCUT2D eigenvalue weighted by atomic mass is 9.91. The lowest BCUT2D eigenvalue weighted by molar-refractivity contribution is -0.117. The van der Waals surface area contributed by atoms with E-state index in [-0.39, 0.29) is 23.3 Å². The number of amides is 1. The van der Waals surface area contributed by atoms with Crippen LogP contribution in [0.3, 0.4) is 0 Å². The van der Waals surface area contributed by atoms with E-state index in [0.717, 1.165) is 31.6 Å². The van der Waals surface area contributed by atoms with Crippen molar-refractivity contribution in [3.8, 4) is 17.2 Å². The van der Waals surface area contributed by atoms with Crippen LogP contribution in [0.2, 0.25) is 0 Å². The monoisotopic (exact) mass is 546 g/mol. The van der Waals surface area contributed by atoms with Crippen LogP contribution >= 0.6 is 0 Å². The summed E-state index contributed by atoms with van der Waals surface area (Å²) >= 11 is 0. The van der Waals surface area contributed by atoms with Crippen molar-refractivity contribution in [2.75, 3.05) is 31.0 Å². The van der Waals surface area contributed by atoms with E-state index < -0.39 is 0 Å². The smallest absolute Gasteiger partial charge is 0.228 e. The summed E-state index contributed by atoms with van der Waals surface area (Å²) in [6.45, 7) is 7.94. The van der Waals surface area contributed by atoms with Crippen molar-refractivity contribution in [2.45, 2.75) is 51.5 Å². The summed E-state index contributed by atoms with van der Waals surface area (Å²) in [6, 6.07) is 5.67. The number of ether oxygens (including phenoxy) is 3. The van der Waals surface area contributed by atoms with Crippen LogP contribution < -0.4 is 20.1 Å². The number of carbonyl (C=O) groups is 1. The van der Waals surface area contributed by atoms with Gasteiger partial charge in [0.2, 0.25) is 11.9 Å². The predicted molar refractivity (Wildman–Crippen MR) is 149 cm³/mol. The lowest BCUT2D eigenvalue weighted by Gasteiger charge is -2.22. The van der Waals surface area contributed by atoms with Crippen LogP contribution in [0.15, 0.2) is 30.6 Å². The predicted octanol–water partition coefficient (Wildman–Crippen LogP) is 4.71. The number of imidazole rings is 1. The third kappa shape index (κ3) is 5.06. The highest BCUT2D eigenvalue weighted by molar-refractivity contribution is 5.93. The molecule has 1 atom stereocenters. The van der Waals surface area contributed by atoms with E-state index in [4.69, 9.17) is 24.3 Å². The zero-order chi connectivity index (χ0) is 28.0. The molecule has 0 spiro atoms. The molecule has 1 amide bonds. The SMILES string of the molecule is COc1c(Oc2ccnc(NC(=O)C3CC3)c2)cnc2nc(Nc3cc(C(C)(C)C)n(C4CCOC4)n3)n(C)c12. The molecule has 210 valence electrons. The van der Waals surface area contributed by atoms with Gasteiger partial charge >= 0.3 is 0 Å². The Bertz CT molecular complexity index is 1560. The van der Waals surface area contributed by atoms with Crippen LogP contribution in [-0.2, 0) is 22.0 Å². The Balaban J connectivity index is 1.28. The lowest BCUT2D eigenvalue weighted by Crippen LogP contribution is -2.22. The number of anilines is 3. The molecule has 12 heteroatoms. The van der Waals surface area contributed by atoms with Crippen molar-refractivity contribution in [1.82, 2.24) is 29.3 Å². The highest BCUT2D eigenvalue weighted by Crippen LogP contribution is 2.39. The molecular formula is C28H34N8O4. The van der Waals surface area contributed by atoms with Gasteiger partial charge in [-0.15, -0.1) is 0 Å². The molecule has 1 aliphatic carbocycles. The number of nitrogens with one attached hydrogen (secondary N) is 2. The van der Waals surface area contributed by atoms with E-state index in [0.29, 0.717) is 52.6 Å². The van der Waals surface area contributed by atoms with Crippen LogP contribution in [0.1, 0.15) is 51.8 Å². The highest BCUT2D eigenvalue weighted by atomic mass is 16.5. The van der Waals surface area contributed by atoms with Gasteiger partial charge in [-0.1, -0.05) is 20.8 Å². The van der Waals surface area contributed by atoms with Crippen LogP contribution in [0.25, 0.3) is 11.2 Å². The number of pyridine rings is 2. The third-order valence-electron chi connectivity index (χ3n) is 7.18. The van der Waals surface area contributed by atoms with Crippen molar-refractivity contribution in [2.24, 2.45) is 13.0 Å². The second-order valence-electron chi connectivity index (χ2n) is 11.3. The van der Waals surface area contributed by atoms with E-state index >= 15 is 0 Å². The summed E-state index contributed by atoms with van der Waals surface area (Å²) < 4.78 is 21.5. The van der Waals surface area contributed by atoms with Crippen molar-refractivity contribution in [3.63, 3.8) is 0 Å². The summed E-state index contributed by atoms with van der Waals surface area (Å²) in [5, 5.41) is 11.1. The molecule has 12 nitrogen and oxygen atoms in total. The number of fused-ring (bicyclic) bond motifs is 1. The first kappa shape index (κ1) is 26.1. The Morgan fingerprint density at radius 2 is 1.98 bits per heavy atom. The van der Waals surface area contributed by atoms with Crippen molar-refractivity contribution in [3.05, 3.63) is 36.3 Å². The summed E-state index contributed by atoms with van der Waals surface area (Å²) in [6.07, 6.45) is 5.94. The first-order chi connectivity index (χ1) is 19.2. The Hall–Kier alpha value is -4.19. The summed E-state index contributed by atoms with van der Waals surface area (Å²) in [5.41, 5.74) is 2.20. The number of hydrogen-bond acceptors (Lipinski definition) is 9. The number of aromatic nitrogens is 6. The summed E-state index contributed by atoms with van der Waals surface area (Å²) in [4.78, 5) is 25.6. The molecule has 1 unspecified atom stereocenters. The van der Waals surface area contributed by atoms with E-state index in [1.54, 1.807) is 31.6 Å². The molecule has 40 heavy (non-hydrogen) atoms. The number of carbonyl (C=O) groups excluding carboxylic acids is 1. The van der Waals surface area contributed by atoms with Gasteiger partial charge in [0.15, 0.2) is 23.0 Å². The molecule has 5 heterocycles. The normalized spacial score (nSPS) is 17.3. The minimum absolute atomic E-state index is 0.0174. The number of methoxy groups -OCH3 is 1. The summed E-state index contributed by atoms with van der Waals surface area (Å²) in [7, 11) is 3.46. The summed E-state index contributed by atoms with van der Waals surface area (Å²) in [5.74, 6) is 3.16. The van der Waals surface area contributed by atoms with Crippen molar-refractivity contribution < 1.29 is 19.0 Å². The Morgan fingerprint density at radius 1 is 1.15 bits per heavy atom. The van der Waals surface area contributed by atoms with E-state index in [2.05, 4.69) is 52.1 Å². The van der Waals surface area contributed by atoms with Gasteiger partial charge in [-0.05, 0) is 25.3 Å². The Kier molecular flexibility index (Phi) is 6.57. The van der Waals surface area contributed by atoms with E-state index in [1.165, 1.54) is 0 Å². The molecular weight excluding hydrogens is 512 g/mol. The maximum absolute atomic E-state index is 12.1. The quantitative estimate of drug-likeness (QED) is 0.323. The highest BCUT2D eigenvalue weighted by Gasteiger charge is 2.30. The van der Waals surface area contributed by atoms with Gasteiger partial charge in [-0.25, -0.2) is 9.97 Å². The first-order valence-electron chi connectivity index (χ1n) is 13.5. The van der Waals surface area contributed by atoms with Gasteiger partial charge in [-0.2, -0.15) is 10.1 Å². The molecule has 0 aromatic carbocycles. The maximum atomic E-state index is 12.1. The minimum Gasteiger partial charge on any atom is -0.491 e. The molecule has 0 bridgehead atoms. The van der Waals surface area contributed by atoms with Crippen LogP contribution in [0.5, 0.6) is 17.2 Å². The van der Waals surface area contributed by atoms with Crippen molar-refractivity contribution >= 4 is 34.7 Å². The second kappa shape index (κ2) is 10.1. The van der Waals surface area contributed by atoms with Gasteiger partial charge in [0.1, 0.15) is 17.1 Å². The molecule has 4 aromatic heterocycles. The largest absolute Gasteiger partial charge is 0.491 e. The number of nitrogens with zero attached hydrogens (tertiary/aromatic N) is 6. The van der Waals surface area contributed by atoms with Crippen LogP contribution in [-0.4, -0.2) is 55.5 Å². The molecule has 4 aromatic rings. The maximum Gasteiger partial charge on any atom is 0.228 e. The fourth-order valence-corrected chi connectivity index (χ4v) is 4.87. The Labute approximate surface area is 232 Å². The van der Waals surface area contributed by atoms with Gasteiger partial charge in [-0.3, -0.25) is 9.48 Å². The molecule has 2 aliphatic rings. The molecule has 2 fully saturated rings. The molecule has 1 aliphatic heterocycles. The van der Waals surface area contributed by atoms with Gasteiger partial charge in [0.05, 0.1) is 26.0 Å². The first-order valence-corrected chi connectivity index (χ1v) is 13.5. The standard InChI is InChI=1S/C28H34N8O4/c1-28(2,3)20-13-22(34-36(20)17-9-11-39-15-17)32-27-33-25-23(35(27)4)24(38-5)19(14-30-25)40-18-8-10-29-21(12-18)31-26(37)16-6-7-16/h8,10,12-14,16-17H,6-7,9,11,15H2,1-5H3,(H,29,31,37)(H,30,32,33,34).